The Balaban J connectivity index is 2.08. The zero-order chi connectivity index (χ0) is 10.2. The van der Waals surface area contributed by atoms with Crippen molar-refractivity contribution < 1.29 is 5.11 Å². The first-order valence-electron chi connectivity index (χ1n) is 5.33. The molecule has 1 nitrogen and oxygen atoms in total. The maximum absolute atomic E-state index is 9.23. The lowest BCUT2D eigenvalue weighted by Gasteiger charge is -2.14. The van der Waals surface area contributed by atoms with Crippen molar-refractivity contribution in [1.82, 2.24) is 0 Å². The third kappa shape index (κ3) is 1.57. The van der Waals surface area contributed by atoms with Crippen LogP contribution in [0.4, 0.5) is 0 Å². The number of hydrogen-bond acceptors (Lipinski definition) is 1. The fraction of sp³-hybridized carbons (Fsp3) is 0.538. The highest BCUT2D eigenvalue weighted by Gasteiger charge is 2.52. The first kappa shape index (κ1) is 9.72. The van der Waals surface area contributed by atoms with Gasteiger partial charge in [-0.05, 0) is 29.2 Å². The molecule has 0 spiro atoms. The number of benzene rings is 1. The summed E-state index contributed by atoms with van der Waals surface area (Å²) in [5.74, 6) is 1.24. The predicted molar refractivity (Wildman–Crippen MR) is 58.2 cm³/mol. The molecule has 0 heterocycles. The molecule has 1 saturated carbocycles. The summed E-state index contributed by atoms with van der Waals surface area (Å²) in [6.45, 7) is 4.77. The molecule has 1 aliphatic carbocycles. The predicted octanol–water partition coefficient (Wildman–Crippen LogP) is 2.81. The minimum Gasteiger partial charge on any atom is -0.396 e. The Morgan fingerprint density at radius 3 is 2.57 bits per heavy atom. The van der Waals surface area contributed by atoms with Gasteiger partial charge in [-0.3, -0.25) is 0 Å². The van der Waals surface area contributed by atoms with Crippen LogP contribution in [0.15, 0.2) is 30.3 Å². The molecule has 1 aromatic carbocycles. The zero-order valence-corrected chi connectivity index (χ0v) is 8.90. The van der Waals surface area contributed by atoms with Crippen molar-refractivity contribution in [2.24, 2.45) is 11.3 Å². The maximum atomic E-state index is 9.23. The fourth-order valence-corrected chi connectivity index (χ4v) is 2.39. The summed E-state index contributed by atoms with van der Waals surface area (Å²) in [5, 5.41) is 9.23. The smallest absolute Gasteiger partial charge is 0.0487 e. The average Bonchev–Trinajstić information content (AvgIpc) is 2.92. The van der Waals surface area contributed by atoms with Gasteiger partial charge in [-0.15, -0.1) is 0 Å². The van der Waals surface area contributed by atoms with E-state index in [2.05, 4.69) is 38.1 Å². The summed E-state index contributed by atoms with van der Waals surface area (Å²) in [4.78, 5) is 0. The summed E-state index contributed by atoms with van der Waals surface area (Å²) in [6.07, 6.45) is 1.17. The second kappa shape index (κ2) is 3.39. The van der Waals surface area contributed by atoms with E-state index in [9.17, 15) is 5.11 Å². The van der Waals surface area contributed by atoms with Gasteiger partial charge in [0.05, 0.1) is 0 Å². The Morgan fingerprint density at radius 2 is 2.07 bits per heavy atom. The Hall–Kier alpha value is -0.820. The van der Waals surface area contributed by atoms with Crippen LogP contribution < -0.4 is 0 Å². The van der Waals surface area contributed by atoms with Gasteiger partial charge in [0.1, 0.15) is 0 Å². The Labute approximate surface area is 85.8 Å². The first-order valence-corrected chi connectivity index (χ1v) is 5.33. The minimum atomic E-state index is 0.190. The second-order valence-corrected chi connectivity index (χ2v) is 4.82. The molecule has 1 N–H and O–H groups in total. The largest absolute Gasteiger partial charge is 0.396 e. The number of hydrogen-bond donors (Lipinski definition) is 1. The number of aliphatic hydroxyl groups is 1. The molecule has 0 bridgehead atoms. The molecule has 1 heteroatoms. The van der Waals surface area contributed by atoms with Crippen LogP contribution in [0.5, 0.6) is 0 Å². The van der Waals surface area contributed by atoms with E-state index in [1.54, 1.807) is 0 Å². The van der Waals surface area contributed by atoms with E-state index < -0.39 is 0 Å². The lowest BCUT2D eigenvalue weighted by atomic mass is 9.91. The molecule has 1 unspecified atom stereocenters. The third-order valence-electron chi connectivity index (χ3n) is 3.71. The average molecular weight is 190 g/mol. The van der Waals surface area contributed by atoms with Gasteiger partial charge in [-0.25, -0.2) is 0 Å². The van der Waals surface area contributed by atoms with E-state index in [0.29, 0.717) is 18.4 Å². The van der Waals surface area contributed by atoms with Crippen molar-refractivity contribution in [3.8, 4) is 0 Å². The molecule has 1 aromatic rings. The highest BCUT2D eigenvalue weighted by Crippen LogP contribution is 2.58. The highest BCUT2D eigenvalue weighted by atomic mass is 16.3. The van der Waals surface area contributed by atoms with E-state index in [1.807, 2.05) is 6.07 Å². The van der Waals surface area contributed by atoms with Crippen LogP contribution in [-0.4, -0.2) is 11.7 Å². The van der Waals surface area contributed by atoms with Crippen LogP contribution in [0.1, 0.15) is 31.7 Å². The Bertz CT molecular complexity index is 306. The van der Waals surface area contributed by atoms with Crippen molar-refractivity contribution in [2.45, 2.75) is 26.2 Å². The van der Waals surface area contributed by atoms with Crippen LogP contribution >= 0.6 is 0 Å². The summed E-state index contributed by atoms with van der Waals surface area (Å²) in [5.41, 5.74) is 1.59. The molecule has 1 fully saturated rings. The third-order valence-corrected chi connectivity index (χ3v) is 3.71. The van der Waals surface area contributed by atoms with Gasteiger partial charge in [0.25, 0.3) is 0 Å². The molecule has 0 amide bonds. The molecule has 2 rings (SSSR count). The molecule has 0 aliphatic heterocycles. The van der Waals surface area contributed by atoms with E-state index in [-0.39, 0.29) is 5.41 Å². The molecular weight excluding hydrogens is 172 g/mol. The second-order valence-electron chi connectivity index (χ2n) is 4.82. The molecule has 1 aliphatic rings. The van der Waals surface area contributed by atoms with Crippen molar-refractivity contribution >= 4 is 0 Å². The Morgan fingerprint density at radius 1 is 1.43 bits per heavy atom. The Kier molecular flexibility index (Phi) is 2.36. The van der Waals surface area contributed by atoms with Crippen molar-refractivity contribution in [1.29, 1.82) is 0 Å². The van der Waals surface area contributed by atoms with Crippen LogP contribution in [0, 0.1) is 11.3 Å². The van der Waals surface area contributed by atoms with E-state index in [0.717, 1.165) is 0 Å². The molecular formula is C13H18O. The number of rotatable bonds is 3. The van der Waals surface area contributed by atoms with Gasteiger partial charge in [-0.1, -0.05) is 44.2 Å². The molecule has 76 valence electrons. The van der Waals surface area contributed by atoms with Crippen molar-refractivity contribution in [2.75, 3.05) is 6.61 Å². The molecule has 0 aromatic heterocycles. The SMILES string of the molecule is CC(c1ccccc1)[C@@H]1C[C@]1(C)CO. The molecule has 3 atom stereocenters. The molecule has 14 heavy (non-hydrogen) atoms. The lowest BCUT2D eigenvalue weighted by molar-refractivity contribution is 0.207. The van der Waals surface area contributed by atoms with Gasteiger partial charge in [0.15, 0.2) is 0 Å². The van der Waals surface area contributed by atoms with E-state index in [4.69, 9.17) is 0 Å². The topological polar surface area (TPSA) is 20.2 Å². The van der Waals surface area contributed by atoms with Gasteiger partial charge in [0, 0.05) is 6.61 Å². The van der Waals surface area contributed by atoms with Crippen molar-refractivity contribution in [3.05, 3.63) is 35.9 Å². The normalized spacial score (nSPS) is 32.6. The van der Waals surface area contributed by atoms with Crippen LogP contribution in [0.2, 0.25) is 0 Å². The van der Waals surface area contributed by atoms with Crippen molar-refractivity contribution in [3.63, 3.8) is 0 Å². The molecule has 0 radical (unpaired) electrons. The van der Waals surface area contributed by atoms with Gasteiger partial charge >= 0.3 is 0 Å². The standard InChI is InChI=1S/C13H18O/c1-10(11-6-4-3-5-7-11)12-8-13(12,2)9-14/h3-7,10,12,14H,8-9H2,1-2H3/t10?,12-,13+/m0/s1. The van der Waals surface area contributed by atoms with Gasteiger partial charge in [0.2, 0.25) is 0 Å². The van der Waals surface area contributed by atoms with Gasteiger partial charge in [-0.2, -0.15) is 0 Å². The lowest BCUT2D eigenvalue weighted by Crippen LogP contribution is -2.08. The summed E-state index contributed by atoms with van der Waals surface area (Å²) in [6, 6.07) is 10.6. The highest BCUT2D eigenvalue weighted by molar-refractivity contribution is 5.23. The quantitative estimate of drug-likeness (QED) is 0.777. The summed E-state index contributed by atoms with van der Waals surface area (Å²) in [7, 11) is 0. The van der Waals surface area contributed by atoms with E-state index in [1.165, 1.54) is 12.0 Å². The summed E-state index contributed by atoms with van der Waals surface area (Å²) >= 11 is 0. The fourth-order valence-electron chi connectivity index (χ4n) is 2.39. The van der Waals surface area contributed by atoms with Gasteiger partial charge < -0.3 is 5.11 Å². The van der Waals surface area contributed by atoms with Crippen LogP contribution in [0.25, 0.3) is 0 Å². The summed E-state index contributed by atoms with van der Waals surface area (Å²) < 4.78 is 0. The monoisotopic (exact) mass is 190 g/mol. The maximum Gasteiger partial charge on any atom is 0.0487 e. The zero-order valence-electron chi connectivity index (χ0n) is 8.90. The minimum absolute atomic E-state index is 0.190. The van der Waals surface area contributed by atoms with E-state index >= 15 is 0 Å². The number of aliphatic hydroxyl groups excluding tert-OH is 1. The molecule has 0 saturated heterocycles. The van der Waals surface area contributed by atoms with Crippen LogP contribution in [0.3, 0.4) is 0 Å². The first-order chi connectivity index (χ1) is 6.67. The van der Waals surface area contributed by atoms with Crippen LogP contribution in [-0.2, 0) is 0 Å².